The average Bonchev–Trinajstić information content (AvgIpc) is 3.11. The molecule has 5 nitrogen and oxygen atoms in total. The number of benzene rings is 3. The van der Waals surface area contributed by atoms with Gasteiger partial charge in [0.2, 0.25) is 5.91 Å². The zero-order valence-electron chi connectivity index (χ0n) is 30.7. The van der Waals surface area contributed by atoms with Gasteiger partial charge in [0, 0.05) is 40.3 Å². The summed E-state index contributed by atoms with van der Waals surface area (Å²) in [4.78, 5) is 28.4. The molecule has 52 heavy (non-hydrogen) atoms. The van der Waals surface area contributed by atoms with Crippen LogP contribution in [0.3, 0.4) is 0 Å². The predicted molar refractivity (Wildman–Crippen MR) is 202 cm³/mol. The molecule has 1 aliphatic rings. The number of carbonyl (C=O) groups is 2. The molecule has 0 bridgehead atoms. The minimum Gasteiger partial charge on any atom is -0.493 e. The third-order valence-electron chi connectivity index (χ3n) is 9.61. The lowest BCUT2D eigenvalue weighted by molar-refractivity contribution is -0.118. The number of nitrogens with one attached hydrogen (secondary N) is 1. The minimum absolute atomic E-state index is 0.0492. The fourth-order valence-corrected chi connectivity index (χ4v) is 7.65. The van der Waals surface area contributed by atoms with Crippen LogP contribution in [-0.2, 0) is 17.9 Å². The van der Waals surface area contributed by atoms with Gasteiger partial charge in [-0.2, -0.15) is 0 Å². The summed E-state index contributed by atoms with van der Waals surface area (Å²) in [6.45, 7) is 3.93. The largest absolute Gasteiger partial charge is 0.493 e. The van der Waals surface area contributed by atoms with Gasteiger partial charge < -0.3 is 15.0 Å². The standard InChI is InChI=1S/C42H54F4N2O3S/c1-3-4-5-6-7-8-9-10-11-12-13-14-15-16-17-18-24-51-39-21-19-20-35(44)34(39)29-48-38-23-22-31(25-40(38)52-30(2)42(48)50)41(49)47-28-33-36(45)26-32(43)27-37(33)46/h19-23,25-27,30H,3-18,24,28-29H2,1-2H3,(H,47,49). The molecule has 3 aromatic rings. The fourth-order valence-electron chi connectivity index (χ4n) is 6.54. The Morgan fingerprint density at radius 2 is 1.33 bits per heavy atom. The Kier molecular flexibility index (Phi) is 17.3. The lowest BCUT2D eigenvalue weighted by Gasteiger charge is -2.33. The number of hydrogen-bond acceptors (Lipinski definition) is 4. The van der Waals surface area contributed by atoms with Crippen molar-refractivity contribution in [3.05, 3.63) is 88.5 Å². The maximum absolute atomic E-state index is 15.3. The Labute approximate surface area is 311 Å². The van der Waals surface area contributed by atoms with Gasteiger partial charge in [-0.3, -0.25) is 9.59 Å². The first-order chi connectivity index (χ1) is 25.2. The Hall–Kier alpha value is -3.53. The first-order valence-corrected chi connectivity index (χ1v) is 20.0. The molecule has 1 atom stereocenters. The first kappa shape index (κ1) is 41.2. The molecule has 2 amide bonds. The van der Waals surface area contributed by atoms with Crippen LogP contribution < -0.4 is 15.0 Å². The summed E-state index contributed by atoms with van der Waals surface area (Å²) in [5, 5.41) is 1.96. The fraction of sp³-hybridized carbons (Fsp3) is 0.524. The molecule has 1 aliphatic heterocycles. The van der Waals surface area contributed by atoms with E-state index < -0.39 is 46.5 Å². The van der Waals surface area contributed by atoms with Gasteiger partial charge in [-0.15, -0.1) is 11.8 Å². The topological polar surface area (TPSA) is 58.6 Å². The number of fused-ring (bicyclic) bond motifs is 1. The van der Waals surface area contributed by atoms with Gasteiger partial charge in [0.05, 0.1) is 24.1 Å². The molecule has 0 saturated heterocycles. The number of nitrogens with zero attached hydrogens (tertiary/aromatic N) is 1. The molecular weight excluding hydrogens is 689 g/mol. The summed E-state index contributed by atoms with van der Waals surface area (Å²) in [7, 11) is 0. The van der Waals surface area contributed by atoms with Gasteiger partial charge in [0.15, 0.2) is 0 Å². The highest BCUT2D eigenvalue weighted by atomic mass is 32.2. The highest BCUT2D eigenvalue weighted by Gasteiger charge is 2.32. The number of amides is 2. The molecule has 10 heteroatoms. The molecule has 1 unspecified atom stereocenters. The molecule has 1 N–H and O–H groups in total. The second-order valence-corrected chi connectivity index (χ2v) is 15.1. The summed E-state index contributed by atoms with van der Waals surface area (Å²) < 4.78 is 62.7. The SMILES string of the molecule is CCCCCCCCCCCCCCCCCCOc1cccc(F)c1CN1C(=O)C(C)Sc2cc(C(=O)NCc3c(F)cc(F)cc3F)ccc21. The minimum atomic E-state index is -1.09. The lowest BCUT2D eigenvalue weighted by Crippen LogP contribution is -2.39. The van der Waals surface area contributed by atoms with Crippen LogP contribution in [-0.4, -0.2) is 23.7 Å². The number of unbranched alkanes of at least 4 members (excludes halogenated alkanes) is 15. The summed E-state index contributed by atoms with van der Waals surface area (Å²) in [6, 6.07) is 10.5. The number of thioether (sulfide) groups is 1. The third-order valence-corrected chi connectivity index (χ3v) is 10.7. The number of hydrogen-bond donors (Lipinski definition) is 1. The van der Waals surface area contributed by atoms with E-state index in [1.54, 1.807) is 31.2 Å². The molecule has 0 spiro atoms. The van der Waals surface area contributed by atoms with Crippen LogP contribution in [0.25, 0.3) is 0 Å². The summed E-state index contributed by atoms with van der Waals surface area (Å²) in [6.07, 6.45) is 20.4. The van der Waals surface area contributed by atoms with Crippen molar-refractivity contribution < 1.29 is 31.9 Å². The van der Waals surface area contributed by atoms with E-state index in [1.807, 2.05) is 0 Å². The number of anilines is 1. The van der Waals surface area contributed by atoms with E-state index in [0.717, 1.165) is 19.3 Å². The quantitative estimate of drug-likeness (QED) is 0.0776. The highest BCUT2D eigenvalue weighted by molar-refractivity contribution is 8.01. The third kappa shape index (κ3) is 12.6. The van der Waals surface area contributed by atoms with Gasteiger partial charge in [0.25, 0.3) is 5.91 Å². The van der Waals surface area contributed by atoms with Crippen molar-refractivity contribution in [1.82, 2.24) is 5.32 Å². The molecule has 0 radical (unpaired) electrons. The number of ether oxygens (including phenoxy) is 1. The Morgan fingerprint density at radius 3 is 1.92 bits per heavy atom. The molecule has 0 aliphatic carbocycles. The molecule has 284 valence electrons. The van der Waals surface area contributed by atoms with Gasteiger partial charge in [-0.05, 0) is 43.7 Å². The maximum Gasteiger partial charge on any atom is 0.251 e. The maximum atomic E-state index is 15.3. The summed E-state index contributed by atoms with van der Waals surface area (Å²) >= 11 is 1.27. The Bertz CT molecular complexity index is 1580. The van der Waals surface area contributed by atoms with Gasteiger partial charge in [-0.1, -0.05) is 109 Å². The summed E-state index contributed by atoms with van der Waals surface area (Å²) in [5.41, 5.74) is 0.560. The second-order valence-electron chi connectivity index (χ2n) is 13.8. The molecule has 3 aromatic carbocycles. The van der Waals surface area contributed by atoms with Crippen molar-refractivity contribution in [2.45, 2.75) is 140 Å². The van der Waals surface area contributed by atoms with E-state index in [2.05, 4.69) is 12.2 Å². The Balaban J connectivity index is 1.23. The monoisotopic (exact) mass is 742 g/mol. The molecular formula is C42H54F4N2O3S. The van der Waals surface area contributed by atoms with Crippen LogP contribution in [0.1, 0.15) is 138 Å². The number of halogens is 4. The normalized spacial score (nSPS) is 14.1. The van der Waals surface area contributed by atoms with Gasteiger partial charge in [-0.25, -0.2) is 17.6 Å². The molecule has 0 saturated carbocycles. The van der Waals surface area contributed by atoms with E-state index in [-0.39, 0.29) is 23.6 Å². The van der Waals surface area contributed by atoms with Crippen LogP contribution in [0.4, 0.5) is 23.2 Å². The number of rotatable bonds is 23. The predicted octanol–water partition coefficient (Wildman–Crippen LogP) is 11.8. The van der Waals surface area contributed by atoms with Crippen LogP contribution >= 0.6 is 11.8 Å². The number of carbonyl (C=O) groups excluding carboxylic acids is 2. The molecule has 0 aromatic heterocycles. The van der Waals surface area contributed by atoms with Crippen LogP contribution in [0.5, 0.6) is 5.75 Å². The van der Waals surface area contributed by atoms with E-state index in [4.69, 9.17) is 4.74 Å². The molecule has 4 rings (SSSR count). The van der Waals surface area contributed by atoms with Gasteiger partial charge >= 0.3 is 0 Å². The van der Waals surface area contributed by atoms with Crippen LogP contribution in [0.2, 0.25) is 0 Å². The highest BCUT2D eigenvalue weighted by Crippen LogP contribution is 2.41. The molecule has 0 fully saturated rings. The van der Waals surface area contributed by atoms with Crippen molar-refractivity contribution in [2.75, 3.05) is 11.5 Å². The van der Waals surface area contributed by atoms with Crippen molar-refractivity contribution in [3.8, 4) is 5.75 Å². The lowest BCUT2D eigenvalue weighted by atomic mass is 10.0. The first-order valence-electron chi connectivity index (χ1n) is 19.1. The van der Waals surface area contributed by atoms with E-state index in [1.165, 1.54) is 112 Å². The van der Waals surface area contributed by atoms with Crippen LogP contribution in [0.15, 0.2) is 53.4 Å². The van der Waals surface area contributed by atoms with E-state index >= 15 is 4.39 Å². The van der Waals surface area contributed by atoms with Crippen molar-refractivity contribution in [2.24, 2.45) is 0 Å². The Morgan fingerprint density at radius 1 is 0.750 bits per heavy atom. The average molecular weight is 743 g/mol. The summed E-state index contributed by atoms with van der Waals surface area (Å²) in [5.74, 6) is -4.11. The molecule has 1 heterocycles. The zero-order chi connectivity index (χ0) is 37.3. The van der Waals surface area contributed by atoms with Gasteiger partial charge in [0.1, 0.15) is 29.0 Å². The van der Waals surface area contributed by atoms with Crippen LogP contribution in [0, 0.1) is 23.3 Å². The van der Waals surface area contributed by atoms with Crippen molar-refractivity contribution in [1.29, 1.82) is 0 Å². The smallest absolute Gasteiger partial charge is 0.251 e. The van der Waals surface area contributed by atoms with E-state index in [0.29, 0.717) is 35.1 Å². The second kappa shape index (κ2) is 21.9. The van der Waals surface area contributed by atoms with E-state index in [9.17, 15) is 22.8 Å². The zero-order valence-corrected chi connectivity index (χ0v) is 31.5. The van der Waals surface area contributed by atoms with Crippen molar-refractivity contribution >= 4 is 29.3 Å². The van der Waals surface area contributed by atoms with Crippen molar-refractivity contribution in [3.63, 3.8) is 0 Å².